The quantitative estimate of drug-likeness (QED) is 0.509. The third-order valence-corrected chi connectivity index (χ3v) is 4.77. The van der Waals surface area contributed by atoms with Crippen LogP contribution in [0.3, 0.4) is 0 Å². The van der Waals surface area contributed by atoms with Crippen molar-refractivity contribution in [2.75, 3.05) is 0 Å². The number of hydrogen-bond donors (Lipinski definition) is 0. The number of benzene rings is 2. The third-order valence-electron chi connectivity index (χ3n) is 4.77. The van der Waals surface area contributed by atoms with Crippen LogP contribution in [0, 0.1) is 19.7 Å². The Morgan fingerprint density at radius 3 is 1.86 bits per heavy atom. The van der Waals surface area contributed by atoms with E-state index < -0.39 is 0 Å². The van der Waals surface area contributed by atoms with E-state index in [-0.39, 0.29) is 24.1 Å². The summed E-state index contributed by atoms with van der Waals surface area (Å²) in [5, 5.41) is 0. The highest BCUT2D eigenvalue weighted by atomic mass is 19.1. The van der Waals surface area contributed by atoms with Crippen molar-refractivity contribution in [2.24, 2.45) is 0 Å². The molecular formula is C26H39FO. The maximum atomic E-state index is 12.9. The van der Waals surface area contributed by atoms with Crippen molar-refractivity contribution in [3.63, 3.8) is 0 Å². The van der Waals surface area contributed by atoms with Crippen LogP contribution in [-0.4, -0.2) is 6.10 Å². The van der Waals surface area contributed by atoms with Crippen molar-refractivity contribution >= 4 is 0 Å². The molecule has 0 heterocycles. The molecule has 0 unspecified atom stereocenters. The van der Waals surface area contributed by atoms with Crippen molar-refractivity contribution in [1.82, 2.24) is 0 Å². The Hall–Kier alpha value is -1.83. The molecule has 0 aliphatic heterocycles. The summed E-state index contributed by atoms with van der Waals surface area (Å²) in [5.74, 6) is 0.932. The Bertz CT molecular complexity index is 774. The highest BCUT2D eigenvalue weighted by Gasteiger charge is 2.27. The first kappa shape index (κ1) is 24.2. The maximum Gasteiger partial charge on any atom is 0.123 e. The van der Waals surface area contributed by atoms with Gasteiger partial charge in [-0.05, 0) is 72.4 Å². The van der Waals surface area contributed by atoms with Crippen molar-refractivity contribution in [1.29, 1.82) is 0 Å². The number of halogens is 1. The standard InChI is InChI=1S/C14H20O.C11H15F.CH4/c1-10-5-8-13(15-11-6-7-11)12(9-10)14(2,3)4;1-8-5-6-9(12)7-10(8)11(2,3)4;/h5,8-9,11H,6-7H2,1-4H3;5-7H,1-4H3;1H4. The fraction of sp³-hybridized carbons (Fsp3) is 0.538. The highest BCUT2D eigenvalue weighted by Crippen LogP contribution is 2.35. The Labute approximate surface area is 172 Å². The van der Waals surface area contributed by atoms with Crippen LogP contribution in [0.4, 0.5) is 4.39 Å². The van der Waals surface area contributed by atoms with Crippen molar-refractivity contribution in [3.8, 4) is 5.75 Å². The van der Waals surface area contributed by atoms with Gasteiger partial charge in [0, 0.05) is 0 Å². The molecule has 1 nitrogen and oxygen atoms in total. The number of hydrogen-bond acceptors (Lipinski definition) is 1. The molecule has 1 aliphatic rings. The summed E-state index contributed by atoms with van der Waals surface area (Å²) < 4.78 is 18.8. The van der Waals surface area contributed by atoms with Crippen molar-refractivity contribution < 1.29 is 9.13 Å². The normalized spacial score (nSPS) is 13.9. The Balaban J connectivity index is 0.000000277. The summed E-state index contributed by atoms with van der Waals surface area (Å²) >= 11 is 0. The van der Waals surface area contributed by atoms with Gasteiger partial charge in [0.05, 0.1) is 6.10 Å². The Kier molecular flexibility index (Phi) is 7.88. The van der Waals surface area contributed by atoms with E-state index in [9.17, 15) is 4.39 Å². The minimum absolute atomic E-state index is 0. The molecule has 28 heavy (non-hydrogen) atoms. The fourth-order valence-corrected chi connectivity index (χ4v) is 3.10. The van der Waals surface area contributed by atoms with Crippen LogP contribution in [0.15, 0.2) is 36.4 Å². The van der Waals surface area contributed by atoms with Crippen molar-refractivity contribution in [3.05, 3.63) is 64.5 Å². The lowest BCUT2D eigenvalue weighted by molar-refractivity contribution is 0.294. The van der Waals surface area contributed by atoms with Gasteiger partial charge in [-0.15, -0.1) is 0 Å². The molecule has 0 radical (unpaired) electrons. The first-order valence-corrected chi connectivity index (χ1v) is 9.92. The molecule has 156 valence electrons. The average Bonchev–Trinajstić information content (AvgIpc) is 3.34. The molecule has 2 heteroatoms. The van der Waals surface area contributed by atoms with Gasteiger partial charge in [0.1, 0.15) is 11.6 Å². The van der Waals surface area contributed by atoms with Crippen LogP contribution in [0.1, 0.15) is 84.1 Å². The molecule has 0 spiro atoms. The zero-order valence-electron chi connectivity index (χ0n) is 18.2. The largest absolute Gasteiger partial charge is 0.490 e. The van der Waals surface area contributed by atoms with E-state index in [0.717, 1.165) is 16.9 Å². The summed E-state index contributed by atoms with van der Waals surface area (Å²) in [6.07, 6.45) is 2.92. The molecule has 1 fully saturated rings. The van der Waals surface area contributed by atoms with Gasteiger partial charge in [-0.1, -0.05) is 72.7 Å². The van der Waals surface area contributed by atoms with Crippen molar-refractivity contribution in [2.45, 2.75) is 92.6 Å². The number of ether oxygens (including phenoxy) is 1. The van der Waals surface area contributed by atoms with Gasteiger partial charge in [0.2, 0.25) is 0 Å². The predicted molar refractivity (Wildman–Crippen MR) is 120 cm³/mol. The lowest BCUT2D eigenvalue weighted by Gasteiger charge is -2.23. The fourth-order valence-electron chi connectivity index (χ4n) is 3.10. The second-order valence-corrected chi connectivity index (χ2v) is 9.78. The average molecular weight is 387 g/mol. The molecule has 2 aromatic rings. The number of rotatable bonds is 2. The molecule has 0 N–H and O–H groups in total. The Morgan fingerprint density at radius 2 is 1.39 bits per heavy atom. The molecule has 1 aliphatic carbocycles. The van der Waals surface area contributed by atoms with Gasteiger partial charge in [0.25, 0.3) is 0 Å². The topological polar surface area (TPSA) is 9.23 Å². The van der Waals surface area contributed by atoms with Gasteiger partial charge in [0.15, 0.2) is 0 Å². The number of aryl methyl sites for hydroxylation is 2. The molecule has 0 aromatic heterocycles. The minimum atomic E-state index is -0.148. The maximum absolute atomic E-state index is 12.9. The molecule has 1 saturated carbocycles. The second kappa shape index (κ2) is 9.11. The van der Waals surface area contributed by atoms with E-state index in [0.29, 0.717) is 6.10 Å². The summed E-state index contributed by atoms with van der Waals surface area (Å²) in [7, 11) is 0. The molecule has 0 saturated heterocycles. The van der Waals surface area contributed by atoms with Crippen LogP contribution in [0.25, 0.3) is 0 Å². The first-order valence-electron chi connectivity index (χ1n) is 9.92. The van der Waals surface area contributed by atoms with Crippen LogP contribution in [0.2, 0.25) is 0 Å². The van der Waals surface area contributed by atoms with Gasteiger partial charge in [-0.3, -0.25) is 0 Å². The van der Waals surface area contributed by atoms with Gasteiger partial charge >= 0.3 is 0 Å². The van der Waals surface area contributed by atoms with E-state index in [1.807, 2.05) is 13.0 Å². The zero-order chi connectivity index (χ0) is 20.4. The summed E-state index contributed by atoms with van der Waals surface area (Å²) in [5.41, 5.74) is 5.08. The molecule has 0 atom stereocenters. The smallest absolute Gasteiger partial charge is 0.123 e. The molecular weight excluding hydrogens is 347 g/mol. The molecule has 3 rings (SSSR count). The minimum Gasteiger partial charge on any atom is -0.490 e. The van der Waals surface area contributed by atoms with Crippen LogP contribution in [-0.2, 0) is 10.8 Å². The van der Waals surface area contributed by atoms with E-state index in [1.165, 1.54) is 30.0 Å². The van der Waals surface area contributed by atoms with E-state index in [2.05, 4.69) is 66.7 Å². The van der Waals surface area contributed by atoms with E-state index in [1.54, 1.807) is 6.07 Å². The summed E-state index contributed by atoms with van der Waals surface area (Å²) in [6.45, 7) is 17.1. The molecule has 0 amide bonds. The van der Waals surface area contributed by atoms with Gasteiger partial charge in [-0.2, -0.15) is 0 Å². The van der Waals surface area contributed by atoms with Gasteiger partial charge < -0.3 is 4.74 Å². The molecule has 0 bridgehead atoms. The SMILES string of the molecule is C.Cc1ccc(F)cc1C(C)(C)C.Cc1ccc(OC2CC2)c(C(C)(C)C)c1. The summed E-state index contributed by atoms with van der Waals surface area (Å²) in [4.78, 5) is 0. The third kappa shape index (κ3) is 6.96. The first-order chi connectivity index (χ1) is 12.4. The lowest BCUT2D eigenvalue weighted by atomic mass is 9.84. The van der Waals surface area contributed by atoms with Gasteiger partial charge in [-0.25, -0.2) is 4.39 Å². The monoisotopic (exact) mass is 386 g/mol. The van der Waals surface area contributed by atoms with Crippen LogP contribution in [0.5, 0.6) is 5.75 Å². The summed E-state index contributed by atoms with van der Waals surface area (Å²) in [6, 6.07) is 11.5. The zero-order valence-corrected chi connectivity index (χ0v) is 18.2. The highest BCUT2D eigenvalue weighted by molar-refractivity contribution is 5.41. The Morgan fingerprint density at radius 1 is 0.821 bits per heavy atom. The molecule has 2 aromatic carbocycles. The van der Waals surface area contributed by atoms with E-state index in [4.69, 9.17) is 4.74 Å². The van der Waals surface area contributed by atoms with Crippen LogP contribution < -0.4 is 4.74 Å². The van der Waals surface area contributed by atoms with E-state index >= 15 is 0 Å². The second-order valence-electron chi connectivity index (χ2n) is 9.78. The van der Waals surface area contributed by atoms with Crippen LogP contribution >= 0.6 is 0 Å². The predicted octanol–water partition coefficient (Wildman–Crippen LogP) is 7.90. The lowest BCUT2D eigenvalue weighted by Crippen LogP contribution is -2.14.